The Balaban J connectivity index is 1.57. The van der Waals surface area contributed by atoms with Gasteiger partial charge in [-0.3, -0.25) is 4.79 Å². The van der Waals surface area contributed by atoms with Gasteiger partial charge < -0.3 is 9.64 Å². The number of morpholine rings is 1. The van der Waals surface area contributed by atoms with Gasteiger partial charge in [0.25, 0.3) is 0 Å². The molecule has 0 aliphatic carbocycles. The van der Waals surface area contributed by atoms with Gasteiger partial charge in [0, 0.05) is 36.0 Å². The molecule has 0 unspecified atom stereocenters. The first kappa shape index (κ1) is 15.5. The maximum atomic E-state index is 12.4. The van der Waals surface area contributed by atoms with Crippen molar-refractivity contribution in [2.75, 3.05) is 19.7 Å². The first-order chi connectivity index (χ1) is 10.7. The number of ether oxygens (including phenoxy) is 1. The number of amides is 1. The smallest absolute Gasteiger partial charge is 0.223 e. The van der Waals surface area contributed by atoms with Gasteiger partial charge in [0.15, 0.2) is 0 Å². The summed E-state index contributed by atoms with van der Waals surface area (Å²) >= 11 is 7.50. The maximum Gasteiger partial charge on any atom is 0.223 e. The van der Waals surface area contributed by atoms with Crippen molar-refractivity contribution in [2.45, 2.75) is 18.9 Å². The van der Waals surface area contributed by atoms with Crippen LogP contribution in [0.15, 0.2) is 35.8 Å². The Morgan fingerprint density at radius 2 is 2.23 bits per heavy atom. The molecular formula is C16H17ClN2O2S. The lowest BCUT2D eigenvalue weighted by Gasteiger charge is -2.33. The van der Waals surface area contributed by atoms with Gasteiger partial charge in [0.05, 0.1) is 18.2 Å². The van der Waals surface area contributed by atoms with Gasteiger partial charge in [-0.15, -0.1) is 11.3 Å². The van der Waals surface area contributed by atoms with Crippen LogP contribution in [-0.2, 0) is 16.0 Å². The van der Waals surface area contributed by atoms with E-state index in [0.29, 0.717) is 37.6 Å². The van der Waals surface area contributed by atoms with E-state index in [4.69, 9.17) is 16.3 Å². The van der Waals surface area contributed by atoms with E-state index in [1.165, 1.54) is 0 Å². The molecule has 1 aromatic heterocycles. The fourth-order valence-electron chi connectivity index (χ4n) is 2.50. The van der Waals surface area contributed by atoms with Crippen molar-refractivity contribution >= 4 is 28.8 Å². The Morgan fingerprint density at radius 1 is 1.41 bits per heavy atom. The van der Waals surface area contributed by atoms with Crippen LogP contribution in [0.2, 0.25) is 5.02 Å². The molecule has 2 heterocycles. The summed E-state index contributed by atoms with van der Waals surface area (Å²) in [6, 6.07) is 7.61. The van der Waals surface area contributed by atoms with Crippen LogP contribution in [0.25, 0.3) is 0 Å². The molecular weight excluding hydrogens is 320 g/mol. The second-order valence-electron chi connectivity index (χ2n) is 5.18. The summed E-state index contributed by atoms with van der Waals surface area (Å²) in [5.41, 5.74) is 1.06. The predicted molar refractivity (Wildman–Crippen MR) is 87.2 cm³/mol. The van der Waals surface area contributed by atoms with Crippen molar-refractivity contribution < 1.29 is 9.53 Å². The molecule has 1 saturated heterocycles. The molecule has 22 heavy (non-hydrogen) atoms. The number of aromatic nitrogens is 1. The summed E-state index contributed by atoms with van der Waals surface area (Å²) in [6.45, 7) is 1.81. The third kappa shape index (κ3) is 3.85. The van der Waals surface area contributed by atoms with Crippen LogP contribution in [0.1, 0.15) is 23.1 Å². The summed E-state index contributed by atoms with van der Waals surface area (Å²) < 4.78 is 5.79. The van der Waals surface area contributed by atoms with Crippen LogP contribution < -0.4 is 0 Å². The molecule has 1 amide bonds. The SMILES string of the molecule is O=C(CCc1nccs1)N1CCO[C@@H](c2ccc(Cl)cc2)C1. The predicted octanol–water partition coefficient (Wildman–Crippen LogP) is 3.33. The Morgan fingerprint density at radius 3 is 2.95 bits per heavy atom. The maximum absolute atomic E-state index is 12.4. The monoisotopic (exact) mass is 336 g/mol. The number of aryl methyl sites for hydroxylation is 1. The highest BCUT2D eigenvalue weighted by Crippen LogP contribution is 2.24. The molecule has 0 saturated carbocycles. The van der Waals surface area contributed by atoms with Crippen molar-refractivity contribution in [3.63, 3.8) is 0 Å². The van der Waals surface area contributed by atoms with Crippen molar-refractivity contribution in [1.82, 2.24) is 9.88 Å². The molecule has 0 spiro atoms. The topological polar surface area (TPSA) is 42.4 Å². The molecule has 2 aromatic rings. The lowest BCUT2D eigenvalue weighted by molar-refractivity contribution is -0.139. The fourth-order valence-corrected chi connectivity index (χ4v) is 3.25. The largest absolute Gasteiger partial charge is 0.370 e. The van der Waals surface area contributed by atoms with Crippen molar-refractivity contribution in [2.24, 2.45) is 0 Å². The number of hydrogen-bond acceptors (Lipinski definition) is 4. The zero-order chi connectivity index (χ0) is 15.4. The third-order valence-corrected chi connectivity index (χ3v) is 4.79. The molecule has 1 fully saturated rings. The number of rotatable bonds is 4. The molecule has 0 radical (unpaired) electrons. The lowest BCUT2D eigenvalue weighted by Crippen LogP contribution is -2.42. The van der Waals surface area contributed by atoms with Crippen LogP contribution in [0.3, 0.4) is 0 Å². The quantitative estimate of drug-likeness (QED) is 0.860. The number of carbonyl (C=O) groups is 1. The van der Waals surface area contributed by atoms with Crippen LogP contribution >= 0.6 is 22.9 Å². The number of carbonyl (C=O) groups excluding carboxylic acids is 1. The molecule has 0 bridgehead atoms. The molecule has 4 nitrogen and oxygen atoms in total. The number of nitrogens with zero attached hydrogens (tertiary/aromatic N) is 2. The summed E-state index contributed by atoms with van der Waals surface area (Å²) in [5, 5.41) is 3.65. The minimum Gasteiger partial charge on any atom is -0.370 e. The molecule has 1 aliphatic heterocycles. The fraction of sp³-hybridized carbons (Fsp3) is 0.375. The minimum absolute atomic E-state index is 0.0742. The van der Waals surface area contributed by atoms with Crippen molar-refractivity contribution in [3.8, 4) is 0 Å². The molecule has 1 atom stereocenters. The van der Waals surface area contributed by atoms with E-state index >= 15 is 0 Å². The highest BCUT2D eigenvalue weighted by molar-refractivity contribution is 7.09. The molecule has 1 aromatic carbocycles. The third-order valence-electron chi connectivity index (χ3n) is 3.70. The van der Waals surface area contributed by atoms with Gasteiger partial charge >= 0.3 is 0 Å². The van der Waals surface area contributed by atoms with Gasteiger partial charge in [0.1, 0.15) is 6.10 Å². The molecule has 3 rings (SSSR count). The summed E-state index contributed by atoms with van der Waals surface area (Å²) in [5.74, 6) is 0.164. The molecule has 1 aliphatic rings. The highest BCUT2D eigenvalue weighted by Gasteiger charge is 2.25. The number of hydrogen-bond donors (Lipinski definition) is 0. The molecule has 6 heteroatoms. The van der Waals surface area contributed by atoms with Crippen molar-refractivity contribution in [3.05, 3.63) is 51.4 Å². The van der Waals surface area contributed by atoms with E-state index < -0.39 is 0 Å². The number of benzene rings is 1. The average molecular weight is 337 g/mol. The standard InChI is InChI=1S/C16H17ClN2O2S/c17-13-3-1-12(2-4-13)14-11-19(8-9-21-14)16(20)6-5-15-18-7-10-22-15/h1-4,7,10,14H,5-6,8-9,11H2/t14-/m1/s1. The minimum atomic E-state index is -0.0742. The Hall–Kier alpha value is -1.43. The van der Waals surface area contributed by atoms with Gasteiger partial charge in [-0.1, -0.05) is 23.7 Å². The molecule has 116 valence electrons. The highest BCUT2D eigenvalue weighted by atomic mass is 35.5. The van der Waals surface area contributed by atoms with E-state index in [2.05, 4.69) is 4.98 Å². The average Bonchev–Trinajstić information content (AvgIpc) is 3.07. The summed E-state index contributed by atoms with van der Waals surface area (Å²) in [7, 11) is 0. The van der Waals surface area contributed by atoms with Gasteiger partial charge in [0.2, 0.25) is 5.91 Å². The van der Waals surface area contributed by atoms with Crippen LogP contribution in [-0.4, -0.2) is 35.5 Å². The Bertz CT molecular complexity index is 616. The van der Waals surface area contributed by atoms with Gasteiger partial charge in [-0.2, -0.15) is 0 Å². The van der Waals surface area contributed by atoms with E-state index in [1.54, 1.807) is 17.5 Å². The van der Waals surface area contributed by atoms with Crippen LogP contribution in [0.4, 0.5) is 0 Å². The first-order valence-electron chi connectivity index (χ1n) is 7.25. The summed E-state index contributed by atoms with van der Waals surface area (Å²) in [6.07, 6.45) is 2.91. The van der Waals surface area contributed by atoms with E-state index in [-0.39, 0.29) is 12.0 Å². The van der Waals surface area contributed by atoms with E-state index in [0.717, 1.165) is 10.6 Å². The zero-order valence-electron chi connectivity index (χ0n) is 12.1. The van der Waals surface area contributed by atoms with Crippen LogP contribution in [0.5, 0.6) is 0 Å². The van der Waals surface area contributed by atoms with Crippen molar-refractivity contribution in [1.29, 1.82) is 0 Å². The zero-order valence-corrected chi connectivity index (χ0v) is 13.6. The summed E-state index contributed by atoms with van der Waals surface area (Å²) in [4.78, 5) is 18.5. The van der Waals surface area contributed by atoms with E-state index in [1.807, 2.05) is 34.5 Å². The normalized spacial score (nSPS) is 18.4. The van der Waals surface area contributed by atoms with Gasteiger partial charge in [-0.05, 0) is 17.7 Å². The Kier molecular flexibility index (Phi) is 5.08. The van der Waals surface area contributed by atoms with Gasteiger partial charge in [-0.25, -0.2) is 4.98 Å². The molecule has 0 N–H and O–H groups in total. The Labute approximate surface area is 138 Å². The second kappa shape index (κ2) is 7.22. The number of thiazole rings is 1. The second-order valence-corrected chi connectivity index (χ2v) is 6.59. The first-order valence-corrected chi connectivity index (χ1v) is 8.51. The van der Waals surface area contributed by atoms with E-state index in [9.17, 15) is 4.79 Å². The van der Waals surface area contributed by atoms with Crippen LogP contribution in [0, 0.1) is 0 Å². The number of halogens is 1. The lowest BCUT2D eigenvalue weighted by atomic mass is 10.1.